The van der Waals surface area contributed by atoms with E-state index in [1.54, 1.807) is 0 Å². The third kappa shape index (κ3) is 4.54. The molecular weight excluding hydrogens is 471 g/mol. The summed E-state index contributed by atoms with van der Waals surface area (Å²) in [5.41, 5.74) is 5.80. The second kappa shape index (κ2) is 9.62. The maximum Gasteiger partial charge on any atom is 2.00 e. The van der Waals surface area contributed by atoms with Crippen molar-refractivity contribution in [3.05, 3.63) is 121 Å². The Morgan fingerprint density at radius 2 is 1.61 bits per heavy atom. The molecule has 0 aliphatic carbocycles. The van der Waals surface area contributed by atoms with Crippen LogP contribution in [0.4, 0.5) is 5.69 Å². The van der Waals surface area contributed by atoms with Crippen LogP contribution in [-0.2, 0) is 20.4 Å². The van der Waals surface area contributed by atoms with Crippen molar-refractivity contribution in [2.75, 3.05) is 0 Å². The Labute approximate surface area is 196 Å². The van der Waals surface area contributed by atoms with Gasteiger partial charge in [-0.05, 0) is 18.3 Å². The summed E-state index contributed by atoms with van der Waals surface area (Å²) in [5, 5.41) is 2.27. The minimum absolute atomic E-state index is 0. The molecule has 4 aromatic carbocycles. The Kier molecular flexibility index (Phi) is 6.48. The van der Waals surface area contributed by atoms with E-state index >= 15 is 0 Å². The SMILES string of the molecule is [Pd+2].[c-]1ccccc1-c1ccccc1N=Cc1[c-]c(-c2ccccn2)c2ccccc2c1. The molecule has 5 aromatic rings. The van der Waals surface area contributed by atoms with Crippen molar-refractivity contribution >= 4 is 22.7 Å². The summed E-state index contributed by atoms with van der Waals surface area (Å²) in [5.74, 6) is 0. The molecular formula is C28H18N2Pd. The van der Waals surface area contributed by atoms with Gasteiger partial charge in [0, 0.05) is 17.6 Å². The van der Waals surface area contributed by atoms with Gasteiger partial charge in [0.05, 0.1) is 0 Å². The van der Waals surface area contributed by atoms with Crippen LogP contribution >= 0.6 is 0 Å². The van der Waals surface area contributed by atoms with Gasteiger partial charge in [0.15, 0.2) is 0 Å². The van der Waals surface area contributed by atoms with E-state index in [1.807, 2.05) is 79.1 Å². The van der Waals surface area contributed by atoms with Gasteiger partial charge in [-0.1, -0.05) is 76.5 Å². The van der Waals surface area contributed by atoms with Gasteiger partial charge in [-0.15, -0.1) is 53.6 Å². The fourth-order valence-corrected chi connectivity index (χ4v) is 3.56. The number of rotatable bonds is 4. The molecule has 0 saturated heterocycles. The normalized spacial score (nSPS) is 10.8. The summed E-state index contributed by atoms with van der Waals surface area (Å²) < 4.78 is 0. The molecule has 5 rings (SSSR count). The van der Waals surface area contributed by atoms with E-state index in [9.17, 15) is 0 Å². The zero-order valence-electron chi connectivity index (χ0n) is 16.6. The van der Waals surface area contributed by atoms with Gasteiger partial charge in [-0.2, -0.15) is 0 Å². The minimum Gasteiger partial charge on any atom is -0.304 e. The van der Waals surface area contributed by atoms with E-state index in [2.05, 4.69) is 47.4 Å². The second-order valence-electron chi connectivity index (χ2n) is 6.95. The number of nitrogens with zero attached hydrogens (tertiary/aromatic N) is 2. The molecule has 0 fully saturated rings. The Morgan fingerprint density at radius 3 is 2.45 bits per heavy atom. The summed E-state index contributed by atoms with van der Waals surface area (Å²) in [6, 6.07) is 39.2. The zero-order valence-corrected chi connectivity index (χ0v) is 18.2. The molecule has 0 atom stereocenters. The molecule has 0 saturated carbocycles. The third-order valence-corrected chi connectivity index (χ3v) is 4.98. The number of hydrogen-bond donors (Lipinski definition) is 0. The van der Waals surface area contributed by atoms with Crippen molar-refractivity contribution < 1.29 is 20.4 Å². The van der Waals surface area contributed by atoms with Crippen LogP contribution < -0.4 is 0 Å². The molecule has 1 aromatic heterocycles. The topological polar surface area (TPSA) is 25.2 Å². The maximum absolute atomic E-state index is 4.80. The number of aliphatic imine (C=N–C) groups is 1. The Morgan fingerprint density at radius 1 is 0.806 bits per heavy atom. The summed E-state index contributed by atoms with van der Waals surface area (Å²) >= 11 is 0. The van der Waals surface area contributed by atoms with Gasteiger partial charge < -0.3 is 4.99 Å². The van der Waals surface area contributed by atoms with Gasteiger partial charge in [0.25, 0.3) is 0 Å². The molecule has 3 heteroatoms. The Hall–Kier alpha value is -3.38. The predicted molar refractivity (Wildman–Crippen MR) is 124 cm³/mol. The molecule has 1 heterocycles. The van der Waals surface area contributed by atoms with Crippen molar-refractivity contribution in [1.82, 2.24) is 4.98 Å². The van der Waals surface area contributed by atoms with Crippen LogP contribution in [0.3, 0.4) is 0 Å². The van der Waals surface area contributed by atoms with Gasteiger partial charge in [-0.3, -0.25) is 4.98 Å². The van der Waals surface area contributed by atoms with Crippen molar-refractivity contribution in [2.24, 2.45) is 4.99 Å². The maximum atomic E-state index is 4.80. The monoisotopic (exact) mass is 488 g/mol. The Balaban J connectivity index is 0.00000231. The number of para-hydroxylation sites is 1. The first kappa shape index (κ1) is 20.9. The molecule has 0 bridgehead atoms. The van der Waals surface area contributed by atoms with Crippen LogP contribution in [0.25, 0.3) is 33.2 Å². The molecule has 0 radical (unpaired) electrons. The van der Waals surface area contributed by atoms with Crippen molar-refractivity contribution in [1.29, 1.82) is 0 Å². The largest absolute Gasteiger partial charge is 2.00 e. The molecule has 0 aliphatic heterocycles. The average Bonchev–Trinajstić information content (AvgIpc) is 2.83. The standard InChI is InChI=1S/C28H18N2.Pd/c1-2-10-22(11-3-1)25-14-6-7-15-27(25)30-20-21-18-23-12-4-5-13-24(23)26(19-21)28-16-8-9-17-29-28;/h1-10,12-18,20H;/q-2;+2. The summed E-state index contributed by atoms with van der Waals surface area (Å²) in [7, 11) is 0. The number of hydrogen-bond acceptors (Lipinski definition) is 2. The number of benzene rings is 4. The fraction of sp³-hybridized carbons (Fsp3) is 0. The number of aromatic nitrogens is 1. The average molecular weight is 489 g/mol. The van der Waals surface area contributed by atoms with E-state index < -0.39 is 0 Å². The molecule has 0 N–H and O–H groups in total. The molecule has 0 unspecified atom stereocenters. The van der Waals surface area contributed by atoms with Crippen LogP contribution in [0.2, 0.25) is 0 Å². The first-order valence-corrected chi connectivity index (χ1v) is 9.85. The Bertz CT molecular complexity index is 1330. The van der Waals surface area contributed by atoms with E-state index in [0.29, 0.717) is 0 Å². The molecule has 31 heavy (non-hydrogen) atoms. The van der Waals surface area contributed by atoms with Crippen molar-refractivity contribution in [3.8, 4) is 22.4 Å². The minimum atomic E-state index is 0. The molecule has 2 nitrogen and oxygen atoms in total. The molecule has 0 spiro atoms. The van der Waals surface area contributed by atoms with Gasteiger partial charge in [0.2, 0.25) is 0 Å². The van der Waals surface area contributed by atoms with Crippen molar-refractivity contribution in [3.63, 3.8) is 0 Å². The van der Waals surface area contributed by atoms with Crippen molar-refractivity contribution in [2.45, 2.75) is 0 Å². The first-order valence-electron chi connectivity index (χ1n) is 9.85. The molecule has 0 aliphatic rings. The van der Waals surface area contributed by atoms with Crippen LogP contribution in [-0.4, -0.2) is 11.2 Å². The van der Waals surface area contributed by atoms with Crippen LogP contribution in [0.15, 0.2) is 108 Å². The second-order valence-corrected chi connectivity index (χ2v) is 6.95. The first-order chi connectivity index (χ1) is 14.9. The number of fused-ring (bicyclic) bond motifs is 1. The summed E-state index contributed by atoms with van der Waals surface area (Å²) in [6.07, 6.45) is 3.69. The number of pyridine rings is 1. The summed E-state index contributed by atoms with van der Waals surface area (Å²) in [4.78, 5) is 9.33. The smallest absolute Gasteiger partial charge is 0.304 e. The quantitative estimate of drug-likeness (QED) is 0.153. The fourth-order valence-electron chi connectivity index (χ4n) is 3.56. The predicted octanol–water partition coefficient (Wildman–Crippen LogP) is 6.92. The van der Waals surface area contributed by atoms with Gasteiger partial charge >= 0.3 is 20.4 Å². The third-order valence-electron chi connectivity index (χ3n) is 4.98. The van der Waals surface area contributed by atoms with Crippen LogP contribution in [0.1, 0.15) is 5.56 Å². The zero-order chi connectivity index (χ0) is 20.2. The van der Waals surface area contributed by atoms with Crippen LogP contribution in [0, 0.1) is 12.1 Å². The molecule has 0 amide bonds. The summed E-state index contributed by atoms with van der Waals surface area (Å²) in [6.45, 7) is 0. The van der Waals surface area contributed by atoms with E-state index in [0.717, 1.165) is 44.4 Å². The van der Waals surface area contributed by atoms with E-state index in [-0.39, 0.29) is 20.4 Å². The van der Waals surface area contributed by atoms with E-state index in [1.165, 1.54) is 0 Å². The molecule has 150 valence electrons. The van der Waals surface area contributed by atoms with Gasteiger partial charge in [-0.25, -0.2) is 0 Å². The van der Waals surface area contributed by atoms with Gasteiger partial charge in [0.1, 0.15) is 0 Å². The van der Waals surface area contributed by atoms with E-state index in [4.69, 9.17) is 4.99 Å². The van der Waals surface area contributed by atoms with Crippen LogP contribution in [0.5, 0.6) is 0 Å².